The minimum absolute atomic E-state index is 0.0375. The van der Waals surface area contributed by atoms with Gasteiger partial charge in [-0.3, -0.25) is 14.6 Å². The van der Waals surface area contributed by atoms with Gasteiger partial charge in [0, 0.05) is 52.0 Å². The number of likely N-dealkylation sites (N-methyl/N-ethyl adjacent to an activating group) is 1. The molecule has 47 heavy (non-hydrogen) atoms. The lowest BCUT2D eigenvalue weighted by molar-refractivity contribution is -0.121. The van der Waals surface area contributed by atoms with Crippen molar-refractivity contribution in [2.24, 2.45) is 0 Å². The Bertz CT molecular complexity index is 1760. The van der Waals surface area contributed by atoms with Gasteiger partial charge in [-0.25, -0.2) is 0 Å². The maximum Gasteiger partial charge on any atom is 0.224 e. The number of aromatic hydroxyl groups is 2. The number of phenols is 2. The van der Waals surface area contributed by atoms with Crippen LogP contribution < -0.4 is 24.3 Å². The number of phenolic OH excluding ortho intramolecular Hbond substituents is 2. The largest absolute Gasteiger partial charge is 0.504 e. The number of carbonyl (C=O) groups excluding carboxylic acids is 1. The number of carbonyl (C=O) groups is 1. The molecule has 3 N–H and O–H groups in total. The van der Waals surface area contributed by atoms with Gasteiger partial charge in [0.2, 0.25) is 5.91 Å². The molecule has 3 aliphatic heterocycles. The zero-order valence-corrected chi connectivity index (χ0v) is 27.9. The molecule has 11 heteroatoms. The van der Waals surface area contributed by atoms with Gasteiger partial charge in [0.05, 0.1) is 53.0 Å². The fraction of sp³-hybridized carbons (Fsp3) is 0.444. The Morgan fingerprint density at radius 1 is 0.872 bits per heavy atom. The number of nitrogens with zero attached hydrogens (tertiary/aromatic N) is 3. The highest BCUT2D eigenvalue weighted by molar-refractivity contribution is 5.78. The maximum atomic E-state index is 13.3. The van der Waals surface area contributed by atoms with E-state index in [2.05, 4.69) is 21.2 Å². The van der Waals surface area contributed by atoms with E-state index in [1.165, 1.54) is 14.2 Å². The molecule has 3 aromatic rings. The molecular weight excluding hydrogens is 600 g/mol. The lowest BCUT2D eigenvalue weighted by atomic mass is 9.71. The average Bonchev–Trinajstić information content (AvgIpc) is 3.05. The molecule has 248 valence electrons. The Labute approximate surface area is 275 Å². The first-order valence-electron chi connectivity index (χ1n) is 15.7. The van der Waals surface area contributed by atoms with Crippen LogP contribution in [-0.4, -0.2) is 86.1 Å². The Morgan fingerprint density at radius 2 is 1.40 bits per heavy atom. The molecule has 3 aromatic carbocycles. The lowest BCUT2D eigenvalue weighted by Crippen LogP contribution is -2.68. The lowest BCUT2D eigenvalue weighted by Gasteiger charge is -2.60. The zero-order valence-electron chi connectivity index (χ0n) is 27.9. The second-order valence-electron chi connectivity index (χ2n) is 12.5. The van der Waals surface area contributed by atoms with E-state index in [0.29, 0.717) is 52.3 Å². The van der Waals surface area contributed by atoms with E-state index in [1.807, 2.05) is 51.2 Å². The highest BCUT2D eigenvalue weighted by Gasteiger charge is 2.57. The molecule has 3 aliphatic rings. The Kier molecular flexibility index (Phi) is 8.59. The van der Waals surface area contributed by atoms with Crippen LogP contribution in [0, 0.1) is 25.2 Å². The van der Waals surface area contributed by atoms with E-state index in [4.69, 9.17) is 18.9 Å². The average molecular weight is 643 g/mol. The molecular formula is C36H42N4O7. The molecule has 5 atom stereocenters. The van der Waals surface area contributed by atoms with Crippen molar-refractivity contribution in [1.29, 1.82) is 5.26 Å². The van der Waals surface area contributed by atoms with Crippen molar-refractivity contribution in [3.8, 4) is 40.6 Å². The Morgan fingerprint density at radius 3 is 1.96 bits per heavy atom. The third-order valence-corrected chi connectivity index (χ3v) is 10.4. The number of nitriles is 1. The number of fused-ring (bicyclic) bond motifs is 7. The predicted octanol–water partition coefficient (Wildman–Crippen LogP) is 3.88. The van der Waals surface area contributed by atoms with E-state index >= 15 is 0 Å². The van der Waals surface area contributed by atoms with Crippen molar-refractivity contribution in [1.82, 2.24) is 15.1 Å². The van der Waals surface area contributed by atoms with Gasteiger partial charge in [-0.1, -0.05) is 30.3 Å². The summed E-state index contributed by atoms with van der Waals surface area (Å²) in [6.07, 6.45) is 1.02. The summed E-state index contributed by atoms with van der Waals surface area (Å²) in [6, 6.07) is 9.78. The van der Waals surface area contributed by atoms with E-state index in [1.54, 1.807) is 14.2 Å². The first-order chi connectivity index (χ1) is 22.6. The van der Waals surface area contributed by atoms with Crippen molar-refractivity contribution in [3.63, 3.8) is 0 Å². The minimum atomic E-state index is -0.634. The van der Waals surface area contributed by atoms with Crippen LogP contribution in [0.15, 0.2) is 30.3 Å². The zero-order chi connectivity index (χ0) is 33.7. The van der Waals surface area contributed by atoms with Crippen LogP contribution in [0.25, 0.3) is 0 Å². The van der Waals surface area contributed by atoms with Crippen LogP contribution >= 0.6 is 0 Å². The second kappa shape index (κ2) is 12.5. The number of rotatable bonds is 8. The number of methoxy groups -OCH3 is 4. The fourth-order valence-corrected chi connectivity index (χ4v) is 8.47. The molecule has 2 bridgehead atoms. The van der Waals surface area contributed by atoms with Gasteiger partial charge in [-0.2, -0.15) is 5.26 Å². The quantitative estimate of drug-likeness (QED) is 0.332. The first-order valence-corrected chi connectivity index (χ1v) is 15.7. The van der Waals surface area contributed by atoms with Crippen LogP contribution in [0.3, 0.4) is 0 Å². The number of benzene rings is 3. The summed E-state index contributed by atoms with van der Waals surface area (Å²) in [4.78, 5) is 17.6. The summed E-state index contributed by atoms with van der Waals surface area (Å²) in [5.74, 6) is 1.68. The highest BCUT2D eigenvalue weighted by atomic mass is 16.5. The molecule has 1 saturated heterocycles. The van der Waals surface area contributed by atoms with Crippen molar-refractivity contribution in [2.75, 3.05) is 42.0 Å². The summed E-state index contributed by atoms with van der Waals surface area (Å²) in [5, 5.41) is 37.5. The monoisotopic (exact) mass is 642 g/mol. The topological polar surface area (TPSA) is 137 Å². The van der Waals surface area contributed by atoms with E-state index in [9.17, 15) is 20.3 Å². The molecule has 0 aromatic heterocycles. The molecule has 6 rings (SSSR count). The summed E-state index contributed by atoms with van der Waals surface area (Å²) < 4.78 is 23.2. The van der Waals surface area contributed by atoms with Gasteiger partial charge in [-0.05, 0) is 39.3 Å². The number of nitrogens with one attached hydrogen (secondary N) is 1. The van der Waals surface area contributed by atoms with E-state index in [-0.39, 0.29) is 54.2 Å². The van der Waals surface area contributed by atoms with Crippen LogP contribution in [0.4, 0.5) is 0 Å². The minimum Gasteiger partial charge on any atom is -0.504 e. The molecule has 0 radical (unpaired) electrons. The van der Waals surface area contributed by atoms with Gasteiger partial charge in [0.25, 0.3) is 0 Å². The Hall–Kier alpha value is -4.66. The number of ether oxygens (including phenoxy) is 4. The standard InChI is InChI=1S/C36H42N4O7/c1-18-33(44-4)21-15-24-30-29-22(34(45-5)19(2)36(47-7)32(29)43)14-23(39(30)3)25(16-37)40(24)26(28(21)31(42)35(18)46-6)17-38-27(41)13-20-11-9-8-10-12-20/h8-12,23-26,30,42-43H,13-15,17H2,1-7H3,(H,38,41)/t23-,24+,25+,26+,30-/m1/s1. The normalized spacial score (nSPS) is 23.1. The maximum absolute atomic E-state index is 13.3. The molecule has 0 aliphatic carbocycles. The van der Waals surface area contributed by atoms with E-state index < -0.39 is 12.1 Å². The first kappa shape index (κ1) is 32.3. The number of hydrogen-bond donors (Lipinski definition) is 3. The SMILES string of the molecule is COc1c(C)c(OC)c2c(c1O)[C@H]1[C@@H]3Cc4c(OC)c(C)c(OC)c(O)c4[C@H](CNC(=O)Cc4ccccc4)N3[C@@H](C#N)[C@@H](C2)N1C. The molecule has 1 fully saturated rings. The highest BCUT2D eigenvalue weighted by Crippen LogP contribution is 2.58. The Balaban J connectivity index is 1.55. The van der Waals surface area contributed by atoms with Gasteiger partial charge >= 0.3 is 0 Å². The summed E-state index contributed by atoms with van der Waals surface area (Å²) in [6.45, 7) is 3.81. The fourth-order valence-electron chi connectivity index (χ4n) is 8.47. The number of piperazine rings is 1. The molecule has 3 heterocycles. The number of hydrogen-bond acceptors (Lipinski definition) is 10. The van der Waals surface area contributed by atoms with Crippen molar-refractivity contribution < 1.29 is 34.0 Å². The van der Waals surface area contributed by atoms with Crippen LogP contribution in [0.5, 0.6) is 34.5 Å². The summed E-state index contributed by atoms with van der Waals surface area (Å²) in [5.41, 5.74) is 5.11. The van der Waals surface area contributed by atoms with Crippen LogP contribution in [0.2, 0.25) is 0 Å². The van der Waals surface area contributed by atoms with Crippen molar-refractivity contribution in [2.45, 2.75) is 63.3 Å². The van der Waals surface area contributed by atoms with Gasteiger partial charge < -0.3 is 34.5 Å². The molecule has 0 spiro atoms. The van der Waals surface area contributed by atoms with Gasteiger partial charge in [-0.15, -0.1) is 0 Å². The van der Waals surface area contributed by atoms with Crippen molar-refractivity contribution in [3.05, 3.63) is 69.3 Å². The predicted molar refractivity (Wildman–Crippen MR) is 175 cm³/mol. The second-order valence-corrected chi connectivity index (χ2v) is 12.5. The summed E-state index contributed by atoms with van der Waals surface area (Å²) >= 11 is 0. The molecule has 11 nitrogen and oxygen atoms in total. The van der Waals surface area contributed by atoms with Gasteiger partial charge in [0.15, 0.2) is 23.0 Å². The molecule has 1 amide bonds. The van der Waals surface area contributed by atoms with E-state index in [0.717, 1.165) is 16.7 Å². The molecule has 0 unspecified atom stereocenters. The third-order valence-electron chi connectivity index (χ3n) is 10.4. The third kappa shape index (κ3) is 4.89. The summed E-state index contributed by atoms with van der Waals surface area (Å²) in [7, 11) is 8.20. The van der Waals surface area contributed by atoms with Crippen LogP contribution in [0.1, 0.15) is 51.0 Å². The molecule has 0 saturated carbocycles. The van der Waals surface area contributed by atoms with Gasteiger partial charge in [0.1, 0.15) is 17.5 Å². The van der Waals surface area contributed by atoms with Crippen molar-refractivity contribution >= 4 is 5.91 Å². The number of amides is 1. The van der Waals surface area contributed by atoms with Crippen LogP contribution in [-0.2, 0) is 24.1 Å². The smallest absolute Gasteiger partial charge is 0.224 e.